The van der Waals surface area contributed by atoms with Gasteiger partial charge in [-0.3, -0.25) is 0 Å². The fourth-order valence-corrected chi connectivity index (χ4v) is 2.37. The molecule has 1 aromatic heterocycles. The molecule has 72 valence electrons. The van der Waals surface area contributed by atoms with Gasteiger partial charge in [0.15, 0.2) is 0 Å². The van der Waals surface area contributed by atoms with Gasteiger partial charge < -0.3 is 4.57 Å². The van der Waals surface area contributed by atoms with E-state index >= 15 is 0 Å². The first kappa shape index (κ1) is 9.00. The van der Waals surface area contributed by atoms with Crippen molar-refractivity contribution in [2.75, 3.05) is 0 Å². The van der Waals surface area contributed by atoms with Gasteiger partial charge >= 0.3 is 0 Å². The van der Waals surface area contributed by atoms with Crippen LogP contribution < -0.4 is 0 Å². The van der Waals surface area contributed by atoms with E-state index in [0.29, 0.717) is 11.9 Å². The zero-order chi connectivity index (χ0) is 9.26. The number of hydrogen-bond donors (Lipinski definition) is 0. The average molecular weight is 200 g/mol. The zero-order valence-electron chi connectivity index (χ0n) is 7.78. The first-order valence-electron chi connectivity index (χ1n) is 4.77. The number of aromatic nitrogens is 3. The van der Waals surface area contributed by atoms with E-state index < -0.39 is 0 Å². The SMILES string of the molecule is CC1CCCC1n1cnnc1CCl. The van der Waals surface area contributed by atoms with Gasteiger partial charge in [0, 0.05) is 6.04 Å². The molecule has 0 radical (unpaired) electrons. The van der Waals surface area contributed by atoms with Crippen LogP contribution in [0.1, 0.15) is 38.1 Å². The fraction of sp³-hybridized carbons (Fsp3) is 0.778. The van der Waals surface area contributed by atoms with Gasteiger partial charge in [0.05, 0.1) is 5.88 Å². The van der Waals surface area contributed by atoms with Crippen LogP contribution in [0.5, 0.6) is 0 Å². The van der Waals surface area contributed by atoms with Gasteiger partial charge in [-0.25, -0.2) is 0 Å². The molecule has 0 bridgehead atoms. The van der Waals surface area contributed by atoms with Gasteiger partial charge in [0.2, 0.25) is 0 Å². The zero-order valence-corrected chi connectivity index (χ0v) is 8.54. The Morgan fingerprint density at radius 2 is 2.46 bits per heavy atom. The van der Waals surface area contributed by atoms with Crippen LogP contribution in [0.4, 0.5) is 0 Å². The maximum atomic E-state index is 5.78. The number of halogens is 1. The van der Waals surface area contributed by atoms with Crippen LogP contribution in [0.3, 0.4) is 0 Å². The molecule has 1 aromatic rings. The summed E-state index contributed by atoms with van der Waals surface area (Å²) in [5.41, 5.74) is 0. The van der Waals surface area contributed by atoms with Crippen LogP contribution in [0.25, 0.3) is 0 Å². The largest absolute Gasteiger partial charge is 0.313 e. The summed E-state index contributed by atoms with van der Waals surface area (Å²) in [4.78, 5) is 0. The third kappa shape index (κ3) is 1.57. The predicted molar refractivity (Wildman–Crippen MR) is 51.6 cm³/mol. The third-order valence-corrected chi connectivity index (χ3v) is 3.18. The maximum Gasteiger partial charge on any atom is 0.148 e. The summed E-state index contributed by atoms with van der Waals surface area (Å²) in [5, 5.41) is 7.90. The van der Waals surface area contributed by atoms with Crippen molar-refractivity contribution in [3.63, 3.8) is 0 Å². The fourth-order valence-electron chi connectivity index (χ4n) is 2.18. The molecule has 2 atom stereocenters. The Morgan fingerprint density at radius 1 is 1.62 bits per heavy atom. The molecule has 1 aliphatic rings. The van der Waals surface area contributed by atoms with Crippen LogP contribution in [0, 0.1) is 5.92 Å². The van der Waals surface area contributed by atoms with E-state index in [2.05, 4.69) is 21.7 Å². The predicted octanol–water partition coefficient (Wildman–Crippen LogP) is 2.38. The summed E-state index contributed by atoms with van der Waals surface area (Å²) in [7, 11) is 0. The van der Waals surface area contributed by atoms with E-state index in [1.807, 2.05) is 6.33 Å². The molecule has 2 rings (SSSR count). The smallest absolute Gasteiger partial charge is 0.148 e. The lowest BCUT2D eigenvalue weighted by Crippen LogP contribution is -2.13. The molecule has 2 unspecified atom stereocenters. The maximum absolute atomic E-state index is 5.78. The molecule has 1 saturated carbocycles. The van der Waals surface area contributed by atoms with E-state index in [4.69, 9.17) is 11.6 Å². The van der Waals surface area contributed by atoms with Crippen molar-refractivity contribution in [2.45, 2.75) is 38.1 Å². The van der Waals surface area contributed by atoms with Gasteiger partial charge in [0.25, 0.3) is 0 Å². The summed E-state index contributed by atoms with van der Waals surface area (Å²) in [6.07, 6.45) is 5.67. The van der Waals surface area contributed by atoms with Crippen LogP contribution >= 0.6 is 11.6 Å². The van der Waals surface area contributed by atoms with Crippen molar-refractivity contribution in [3.8, 4) is 0 Å². The molecule has 0 aromatic carbocycles. The van der Waals surface area contributed by atoms with Gasteiger partial charge in [-0.1, -0.05) is 13.3 Å². The minimum Gasteiger partial charge on any atom is -0.313 e. The number of alkyl halides is 1. The van der Waals surface area contributed by atoms with Gasteiger partial charge in [-0.05, 0) is 18.8 Å². The molecule has 0 N–H and O–H groups in total. The van der Waals surface area contributed by atoms with Gasteiger partial charge in [0.1, 0.15) is 12.2 Å². The first-order chi connectivity index (χ1) is 6.33. The Balaban J connectivity index is 2.23. The molecule has 1 aliphatic carbocycles. The van der Waals surface area contributed by atoms with E-state index in [9.17, 15) is 0 Å². The molecule has 0 amide bonds. The first-order valence-corrected chi connectivity index (χ1v) is 5.30. The van der Waals surface area contributed by atoms with Crippen molar-refractivity contribution < 1.29 is 0 Å². The topological polar surface area (TPSA) is 30.7 Å². The standard InChI is InChI=1S/C9H14ClN3/c1-7-3-2-4-8(7)13-6-11-12-9(13)5-10/h6-8H,2-5H2,1H3. The quantitative estimate of drug-likeness (QED) is 0.685. The Kier molecular flexibility index (Phi) is 2.54. The second-order valence-corrected chi connectivity index (χ2v) is 4.03. The highest BCUT2D eigenvalue weighted by Crippen LogP contribution is 2.35. The Hall–Kier alpha value is -0.570. The highest BCUT2D eigenvalue weighted by atomic mass is 35.5. The summed E-state index contributed by atoms with van der Waals surface area (Å²) < 4.78 is 2.14. The Bertz CT molecular complexity index is 284. The van der Waals surface area contributed by atoms with E-state index in [-0.39, 0.29) is 0 Å². The van der Waals surface area contributed by atoms with E-state index in [1.54, 1.807) is 0 Å². The normalized spacial score (nSPS) is 28.2. The van der Waals surface area contributed by atoms with Crippen molar-refractivity contribution >= 4 is 11.6 Å². The van der Waals surface area contributed by atoms with Crippen molar-refractivity contribution in [1.29, 1.82) is 0 Å². The molecule has 1 heterocycles. The molecule has 13 heavy (non-hydrogen) atoms. The Labute approximate surface area is 83.1 Å². The van der Waals surface area contributed by atoms with Crippen LogP contribution in [-0.2, 0) is 5.88 Å². The van der Waals surface area contributed by atoms with E-state index in [1.165, 1.54) is 19.3 Å². The summed E-state index contributed by atoms with van der Waals surface area (Å²) in [6, 6.07) is 0.573. The monoisotopic (exact) mass is 199 g/mol. The molecule has 0 aliphatic heterocycles. The second kappa shape index (κ2) is 3.66. The molecule has 1 fully saturated rings. The number of rotatable bonds is 2. The third-order valence-electron chi connectivity index (χ3n) is 2.94. The van der Waals surface area contributed by atoms with Crippen molar-refractivity contribution in [1.82, 2.24) is 14.8 Å². The lowest BCUT2D eigenvalue weighted by atomic mass is 10.1. The number of hydrogen-bond acceptors (Lipinski definition) is 2. The highest BCUT2D eigenvalue weighted by Gasteiger charge is 2.26. The Morgan fingerprint density at radius 3 is 3.08 bits per heavy atom. The molecule has 4 heteroatoms. The highest BCUT2D eigenvalue weighted by molar-refractivity contribution is 6.16. The lowest BCUT2D eigenvalue weighted by molar-refractivity contribution is 0.399. The molecular formula is C9H14ClN3. The number of nitrogens with zero attached hydrogens (tertiary/aromatic N) is 3. The molecule has 0 saturated heterocycles. The summed E-state index contributed by atoms with van der Waals surface area (Å²) in [5.74, 6) is 2.10. The molecule has 3 nitrogen and oxygen atoms in total. The average Bonchev–Trinajstić information content (AvgIpc) is 2.71. The van der Waals surface area contributed by atoms with Gasteiger partial charge in [-0.15, -0.1) is 21.8 Å². The molecular weight excluding hydrogens is 186 g/mol. The van der Waals surface area contributed by atoms with Crippen molar-refractivity contribution in [2.24, 2.45) is 5.92 Å². The van der Waals surface area contributed by atoms with Crippen LogP contribution in [0.15, 0.2) is 6.33 Å². The lowest BCUT2D eigenvalue weighted by Gasteiger charge is -2.17. The molecule has 0 spiro atoms. The van der Waals surface area contributed by atoms with E-state index in [0.717, 1.165) is 11.7 Å². The van der Waals surface area contributed by atoms with Gasteiger partial charge in [-0.2, -0.15) is 0 Å². The minimum atomic E-state index is 0.462. The summed E-state index contributed by atoms with van der Waals surface area (Å²) in [6.45, 7) is 2.29. The minimum absolute atomic E-state index is 0.462. The second-order valence-electron chi connectivity index (χ2n) is 3.76. The summed E-state index contributed by atoms with van der Waals surface area (Å²) >= 11 is 5.78. The van der Waals surface area contributed by atoms with Crippen LogP contribution in [0.2, 0.25) is 0 Å². The van der Waals surface area contributed by atoms with Crippen molar-refractivity contribution in [3.05, 3.63) is 12.2 Å². The van der Waals surface area contributed by atoms with Crippen LogP contribution in [-0.4, -0.2) is 14.8 Å².